The van der Waals surface area contributed by atoms with E-state index in [-0.39, 0.29) is 28.0 Å². The van der Waals surface area contributed by atoms with Crippen molar-refractivity contribution in [2.45, 2.75) is 48.3 Å². The normalized spacial score (nSPS) is 23.7. The number of rotatable bonds is 6. The van der Waals surface area contributed by atoms with Crippen LogP contribution in [-0.2, 0) is 29.7 Å². The number of esters is 1. The topological polar surface area (TPSA) is 92.4 Å². The van der Waals surface area contributed by atoms with E-state index in [0.29, 0.717) is 43.4 Å². The predicted octanol–water partition coefficient (Wildman–Crippen LogP) is 5.85. The summed E-state index contributed by atoms with van der Waals surface area (Å²) in [7, 11) is -2.51. The molecule has 1 saturated heterocycles. The van der Waals surface area contributed by atoms with Gasteiger partial charge in [-0.3, -0.25) is 4.79 Å². The minimum atomic E-state index is -3.95. The summed E-state index contributed by atoms with van der Waals surface area (Å²) in [4.78, 5) is 12.9. The third-order valence-corrected chi connectivity index (χ3v) is 11.4. The molecule has 4 fully saturated rings. The minimum Gasteiger partial charge on any atom is -0.469 e. The fraction of sp³-hybridized carbons (Fsp3) is 0.333. The molecule has 3 aliphatic carbocycles. The molecule has 0 radical (unpaired) electrons. The van der Waals surface area contributed by atoms with Gasteiger partial charge in [0.1, 0.15) is 5.82 Å². The van der Waals surface area contributed by atoms with Gasteiger partial charge in [-0.25, -0.2) is 4.39 Å². The molecule has 8 nitrogen and oxygen atoms in total. The van der Waals surface area contributed by atoms with Crippen molar-refractivity contribution in [3.63, 3.8) is 0 Å². The number of methoxy groups -OCH3 is 1. The number of hydrogen-bond acceptors (Lipinski definition) is 6. The van der Waals surface area contributed by atoms with Crippen LogP contribution in [0.5, 0.6) is 0 Å². The van der Waals surface area contributed by atoms with E-state index in [9.17, 15) is 17.6 Å². The highest BCUT2D eigenvalue weighted by Crippen LogP contribution is 2.75. The van der Waals surface area contributed by atoms with Crippen LogP contribution in [0.15, 0.2) is 77.8 Å². The highest BCUT2D eigenvalue weighted by Gasteiger charge is 2.73. The van der Waals surface area contributed by atoms with E-state index in [1.807, 2.05) is 12.1 Å². The smallest absolute Gasteiger partial charge is 0.311 e. The van der Waals surface area contributed by atoms with Gasteiger partial charge in [0.05, 0.1) is 34.7 Å². The third-order valence-electron chi connectivity index (χ3n) is 9.80. The standard InChI is InChI=1S/C33H30FN3O5S/c1-41-31(38)33-18-32(19-33,20-33)29-26-16-27-22(17-35-37(27)43(39,40)25-5-3-2-4-6-25)15-28(26)36(24-9-7-23(34)8-10-24)30(29)21-11-13-42-14-12-21/h2-10,15-17,21H,11-14,18-20H2,1H3. The number of fused-ring (bicyclic) bond motifs is 2. The zero-order valence-electron chi connectivity index (χ0n) is 23.6. The molecule has 3 saturated carbocycles. The zero-order chi connectivity index (χ0) is 29.6. The summed E-state index contributed by atoms with van der Waals surface area (Å²) in [6.45, 7) is 1.28. The van der Waals surface area contributed by atoms with Crippen molar-refractivity contribution in [1.29, 1.82) is 0 Å². The van der Waals surface area contributed by atoms with Crippen LogP contribution in [0.3, 0.4) is 0 Å². The molecule has 43 heavy (non-hydrogen) atoms. The summed E-state index contributed by atoms with van der Waals surface area (Å²) in [5, 5.41) is 5.96. The Morgan fingerprint density at radius 2 is 1.70 bits per heavy atom. The number of halogens is 1. The molecule has 0 atom stereocenters. The van der Waals surface area contributed by atoms with Gasteiger partial charge in [0.15, 0.2) is 0 Å². The average Bonchev–Trinajstić information content (AvgIpc) is 3.55. The van der Waals surface area contributed by atoms with Crippen LogP contribution in [0.25, 0.3) is 27.5 Å². The van der Waals surface area contributed by atoms with Crippen LogP contribution < -0.4 is 0 Å². The molecule has 2 aromatic heterocycles. The number of hydrogen-bond donors (Lipinski definition) is 0. The quantitative estimate of drug-likeness (QED) is 0.228. The molecule has 0 spiro atoms. The molecule has 4 aliphatic rings. The fourth-order valence-electron chi connectivity index (χ4n) is 7.96. The molecule has 10 heteroatoms. The lowest BCUT2D eigenvalue weighted by Gasteiger charge is -2.69. The number of aromatic nitrogens is 3. The predicted molar refractivity (Wildman–Crippen MR) is 158 cm³/mol. The second kappa shape index (κ2) is 9.24. The van der Waals surface area contributed by atoms with Crippen LogP contribution in [-0.4, -0.2) is 48.5 Å². The lowest BCUT2D eigenvalue weighted by molar-refractivity contribution is -0.198. The van der Waals surface area contributed by atoms with Crippen LogP contribution in [0.1, 0.15) is 49.3 Å². The summed E-state index contributed by atoms with van der Waals surface area (Å²) in [5.41, 5.74) is 3.82. The van der Waals surface area contributed by atoms with Gasteiger partial charge < -0.3 is 14.0 Å². The molecule has 9 rings (SSSR count). The first kappa shape index (κ1) is 26.6. The first-order valence-corrected chi connectivity index (χ1v) is 16.0. The maximum atomic E-state index is 14.1. The Balaban J connectivity index is 1.41. The molecule has 3 aromatic carbocycles. The van der Waals surface area contributed by atoms with Gasteiger partial charge in [0, 0.05) is 46.7 Å². The highest BCUT2D eigenvalue weighted by molar-refractivity contribution is 7.90. The van der Waals surface area contributed by atoms with Gasteiger partial charge in [0.2, 0.25) is 0 Å². The number of nitrogens with zero attached hydrogens (tertiary/aromatic N) is 3. The van der Waals surface area contributed by atoms with E-state index in [0.717, 1.165) is 44.8 Å². The van der Waals surface area contributed by atoms with Gasteiger partial charge in [-0.15, -0.1) is 0 Å². The van der Waals surface area contributed by atoms with E-state index in [1.54, 1.807) is 48.7 Å². The van der Waals surface area contributed by atoms with Crippen molar-refractivity contribution in [3.8, 4) is 5.69 Å². The van der Waals surface area contributed by atoms with Crippen molar-refractivity contribution in [2.24, 2.45) is 5.41 Å². The molecule has 3 heterocycles. The summed E-state index contributed by atoms with van der Waals surface area (Å²) in [5.74, 6) is -0.307. The molecule has 5 aromatic rings. The van der Waals surface area contributed by atoms with Crippen molar-refractivity contribution in [1.82, 2.24) is 13.8 Å². The molecule has 1 aliphatic heterocycles. The van der Waals surface area contributed by atoms with Crippen LogP contribution in [0.2, 0.25) is 0 Å². The minimum absolute atomic E-state index is 0.159. The zero-order valence-corrected chi connectivity index (χ0v) is 24.4. The molecule has 0 unspecified atom stereocenters. The number of carbonyl (C=O) groups excluding carboxylic acids is 1. The Hall–Kier alpha value is -4.02. The number of benzene rings is 3. The third kappa shape index (κ3) is 3.72. The molecular formula is C33H30FN3O5S. The molecular weight excluding hydrogens is 569 g/mol. The van der Waals surface area contributed by atoms with Crippen LogP contribution in [0, 0.1) is 11.2 Å². The van der Waals surface area contributed by atoms with E-state index >= 15 is 0 Å². The Morgan fingerprint density at radius 1 is 1.00 bits per heavy atom. The maximum absolute atomic E-state index is 14.1. The van der Waals surface area contributed by atoms with Gasteiger partial charge in [0.25, 0.3) is 10.0 Å². The summed E-state index contributed by atoms with van der Waals surface area (Å²) >= 11 is 0. The summed E-state index contributed by atoms with van der Waals surface area (Å²) in [6, 6.07) is 18.7. The lowest BCUT2D eigenvalue weighted by Crippen LogP contribution is -2.68. The van der Waals surface area contributed by atoms with Gasteiger partial charge >= 0.3 is 5.97 Å². The first-order valence-electron chi connectivity index (χ1n) is 14.6. The Bertz CT molecular complexity index is 2010. The second-order valence-corrected chi connectivity index (χ2v) is 14.0. The number of ether oxygens (including phenoxy) is 2. The van der Waals surface area contributed by atoms with Crippen LogP contribution >= 0.6 is 0 Å². The van der Waals surface area contributed by atoms with E-state index in [1.165, 1.54) is 19.2 Å². The van der Waals surface area contributed by atoms with Gasteiger partial charge in [-0.1, -0.05) is 18.2 Å². The fourth-order valence-corrected chi connectivity index (χ4v) is 9.25. The van der Waals surface area contributed by atoms with Crippen molar-refractivity contribution < 1.29 is 27.1 Å². The number of carbonyl (C=O) groups is 1. The Labute approximate surface area is 248 Å². The molecule has 220 valence electrons. The average molecular weight is 600 g/mol. The van der Waals surface area contributed by atoms with E-state index in [4.69, 9.17) is 9.47 Å². The Kier molecular flexibility index (Phi) is 5.71. The van der Waals surface area contributed by atoms with Gasteiger partial charge in [-0.05, 0) is 86.2 Å². The van der Waals surface area contributed by atoms with E-state index in [2.05, 4.69) is 9.67 Å². The molecule has 2 bridgehead atoms. The van der Waals surface area contributed by atoms with Crippen molar-refractivity contribution in [3.05, 3.63) is 90.0 Å². The second-order valence-electron chi connectivity index (χ2n) is 12.3. The maximum Gasteiger partial charge on any atom is 0.311 e. The summed E-state index contributed by atoms with van der Waals surface area (Å²) < 4.78 is 55.8. The monoisotopic (exact) mass is 599 g/mol. The van der Waals surface area contributed by atoms with Crippen molar-refractivity contribution in [2.75, 3.05) is 20.3 Å². The van der Waals surface area contributed by atoms with Crippen LogP contribution in [0.4, 0.5) is 4.39 Å². The van der Waals surface area contributed by atoms with Crippen molar-refractivity contribution >= 4 is 37.8 Å². The van der Waals surface area contributed by atoms with Gasteiger partial charge in [-0.2, -0.15) is 17.6 Å². The lowest BCUT2D eigenvalue weighted by atomic mass is 9.33. The van der Waals surface area contributed by atoms with E-state index < -0.39 is 15.4 Å². The Morgan fingerprint density at radius 3 is 2.37 bits per heavy atom. The highest BCUT2D eigenvalue weighted by atomic mass is 32.2. The largest absolute Gasteiger partial charge is 0.469 e. The SMILES string of the molecule is COC(=O)C12CC(c3c(C4CCOCC4)n(-c4ccc(F)cc4)c4cc5cnn(S(=O)(=O)c6ccccc6)c5cc34)(C1)C2. The molecule has 0 amide bonds. The first-order chi connectivity index (χ1) is 20.8. The molecule has 0 N–H and O–H groups in total. The summed E-state index contributed by atoms with van der Waals surface area (Å²) in [6.07, 6.45) is 5.30.